The topological polar surface area (TPSA) is 9.23 Å². The van der Waals surface area contributed by atoms with Gasteiger partial charge < -0.3 is 4.74 Å². The van der Waals surface area contributed by atoms with Crippen molar-refractivity contribution in [2.45, 2.75) is 52.4 Å². The third-order valence-electron chi connectivity index (χ3n) is 2.27. The molecule has 0 N–H and O–H groups in total. The van der Waals surface area contributed by atoms with Crippen LogP contribution in [0.5, 0.6) is 0 Å². The molecular weight excluding hydrogens is 148 g/mol. The molecule has 0 aromatic carbocycles. The molecule has 73 valence electrons. The molecule has 0 spiro atoms. The smallest absolute Gasteiger partial charge is 0.0700 e. The molecule has 0 aliphatic carbocycles. The van der Waals surface area contributed by atoms with Crippen molar-refractivity contribution in [3.63, 3.8) is 0 Å². The minimum absolute atomic E-state index is 0.749. The van der Waals surface area contributed by atoms with Crippen molar-refractivity contribution in [3.05, 3.63) is 7.11 Å². The Labute approximate surface area is 77.5 Å². The van der Waals surface area contributed by atoms with Crippen LogP contribution >= 0.6 is 0 Å². The van der Waals surface area contributed by atoms with E-state index in [1.165, 1.54) is 38.5 Å². The molecule has 0 amide bonds. The summed E-state index contributed by atoms with van der Waals surface area (Å²) in [6.07, 6.45) is 7.89. The molecule has 0 fully saturated rings. The molecular formula is C11H23O. The monoisotopic (exact) mass is 171 g/mol. The molecule has 1 unspecified atom stereocenters. The second-order valence-corrected chi connectivity index (χ2v) is 3.52. The van der Waals surface area contributed by atoms with Gasteiger partial charge in [0.1, 0.15) is 0 Å². The van der Waals surface area contributed by atoms with Gasteiger partial charge in [0.2, 0.25) is 0 Å². The molecule has 1 heteroatoms. The predicted octanol–water partition coefficient (Wildman–Crippen LogP) is 3.79. The molecule has 0 saturated heterocycles. The van der Waals surface area contributed by atoms with Crippen LogP contribution in [-0.2, 0) is 4.74 Å². The van der Waals surface area contributed by atoms with Crippen molar-refractivity contribution >= 4 is 0 Å². The van der Waals surface area contributed by atoms with E-state index in [2.05, 4.69) is 21.0 Å². The Morgan fingerprint density at radius 3 is 2.33 bits per heavy atom. The molecule has 0 aromatic rings. The maximum Gasteiger partial charge on any atom is 0.0700 e. The number of ether oxygens (including phenoxy) is 1. The van der Waals surface area contributed by atoms with E-state index >= 15 is 0 Å². The predicted molar refractivity (Wildman–Crippen MR) is 53.8 cm³/mol. The van der Waals surface area contributed by atoms with Gasteiger partial charge in [0.05, 0.1) is 7.11 Å². The molecule has 0 aliphatic rings. The molecule has 1 atom stereocenters. The first-order valence-electron chi connectivity index (χ1n) is 5.22. The maximum absolute atomic E-state index is 4.94. The zero-order valence-electron chi connectivity index (χ0n) is 8.64. The van der Waals surface area contributed by atoms with Crippen LogP contribution in [0.15, 0.2) is 0 Å². The Morgan fingerprint density at radius 2 is 1.83 bits per heavy atom. The average Bonchev–Trinajstić information content (AvgIpc) is 2.06. The highest BCUT2D eigenvalue weighted by Gasteiger charge is 2.05. The molecule has 0 heterocycles. The van der Waals surface area contributed by atoms with Crippen molar-refractivity contribution in [1.82, 2.24) is 0 Å². The normalized spacial score (nSPS) is 13.2. The minimum Gasteiger partial charge on any atom is -0.379 e. The van der Waals surface area contributed by atoms with Gasteiger partial charge in [-0.25, -0.2) is 0 Å². The first-order chi connectivity index (χ1) is 5.85. The third-order valence-corrected chi connectivity index (χ3v) is 2.27. The van der Waals surface area contributed by atoms with Crippen LogP contribution in [0.4, 0.5) is 0 Å². The lowest BCUT2D eigenvalue weighted by Gasteiger charge is -2.13. The fourth-order valence-electron chi connectivity index (χ4n) is 1.57. The van der Waals surface area contributed by atoms with E-state index in [1.54, 1.807) is 0 Å². The van der Waals surface area contributed by atoms with Crippen molar-refractivity contribution in [2.75, 3.05) is 6.61 Å². The molecule has 0 rings (SSSR count). The number of hydrogen-bond donors (Lipinski definition) is 0. The quantitative estimate of drug-likeness (QED) is 0.505. The summed E-state index contributed by atoms with van der Waals surface area (Å²) in [5.74, 6) is 0.749. The molecule has 12 heavy (non-hydrogen) atoms. The van der Waals surface area contributed by atoms with Crippen molar-refractivity contribution in [3.8, 4) is 0 Å². The highest BCUT2D eigenvalue weighted by atomic mass is 16.5. The van der Waals surface area contributed by atoms with Gasteiger partial charge in [-0.2, -0.15) is 0 Å². The van der Waals surface area contributed by atoms with Gasteiger partial charge in [0, 0.05) is 6.61 Å². The van der Waals surface area contributed by atoms with Crippen LogP contribution in [0, 0.1) is 13.0 Å². The lowest BCUT2D eigenvalue weighted by Crippen LogP contribution is -2.07. The zero-order chi connectivity index (χ0) is 9.23. The Balaban J connectivity index is 3.34. The number of unbranched alkanes of at least 4 members (excludes halogenated alkanes) is 2. The van der Waals surface area contributed by atoms with E-state index in [9.17, 15) is 0 Å². The zero-order valence-corrected chi connectivity index (χ0v) is 8.64. The van der Waals surface area contributed by atoms with Gasteiger partial charge >= 0.3 is 0 Å². The molecule has 0 saturated carbocycles. The Morgan fingerprint density at radius 1 is 1.08 bits per heavy atom. The summed E-state index contributed by atoms with van der Waals surface area (Å²) in [4.78, 5) is 0. The van der Waals surface area contributed by atoms with Gasteiger partial charge in [-0.05, 0) is 18.8 Å². The summed E-state index contributed by atoms with van der Waals surface area (Å²) in [7, 11) is 3.44. The number of rotatable bonds is 8. The van der Waals surface area contributed by atoms with E-state index in [0.717, 1.165) is 12.5 Å². The summed E-state index contributed by atoms with van der Waals surface area (Å²) < 4.78 is 4.94. The van der Waals surface area contributed by atoms with Crippen LogP contribution in [-0.4, -0.2) is 6.61 Å². The second kappa shape index (κ2) is 9.05. The summed E-state index contributed by atoms with van der Waals surface area (Å²) in [5.41, 5.74) is 0. The lowest BCUT2D eigenvalue weighted by atomic mass is 9.97. The van der Waals surface area contributed by atoms with E-state index in [4.69, 9.17) is 4.74 Å². The van der Waals surface area contributed by atoms with Crippen LogP contribution in [0.1, 0.15) is 52.4 Å². The molecule has 0 aliphatic heterocycles. The summed E-state index contributed by atoms with van der Waals surface area (Å²) in [6, 6.07) is 0. The third kappa shape index (κ3) is 6.66. The van der Waals surface area contributed by atoms with Crippen molar-refractivity contribution in [2.24, 2.45) is 5.92 Å². The van der Waals surface area contributed by atoms with Gasteiger partial charge in [-0.1, -0.05) is 39.5 Å². The Kier molecular flexibility index (Phi) is 9.02. The molecule has 0 aromatic heterocycles. The van der Waals surface area contributed by atoms with E-state index in [-0.39, 0.29) is 0 Å². The summed E-state index contributed by atoms with van der Waals surface area (Å²) >= 11 is 0. The Bertz CT molecular complexity index is 75.1. The minimum atomic E-state index is 0.749. The maximum atomic E-state index is 4.94. The molecule has 0 bridgehead atoms. The van der Waals surface area contributed by atoms with Crippen LogP contribution in [0.25, 0.3) is 0 Å². The SMILES string of the molecule is [CH2]OCC(CCC)CCCCC. The van der Waals surface area contributed by atoms with Crippen LogP contribution < -0.4 is 0 Å². The molecule has 1 radical (unpaired) electrons. The molecule has 1 nitrogen and oxygen atoms in total. The highest BCUT2D eigenvalue weighted by Crippen LogP contribution is 2.15. The van der Waals surface area contributed by atoms with Crippen molar-refractivity contribution in [1.29, 1.82) is 0 Å². The average molecular weight is 171 g/mol. The summed E-state index contributed by atoms with van der Waals surface area (Å²) in [5, 5.41) is 0. The van der Waals surface area contributed by atoms with Crippen molar-refractivity contribution < 1.29 is 4.74 Å². The first-order valence-corrected chi connectivity index (χ1v) is 5.22. The van der Waals surface area contributed by atoms with Gasteiger partial charge in [0.15, 0.2) is 0 Å². The van der Waals surface area contributed by atoms with Gasteiger partial charge in [-0.15, -0.1) is 0 Å². The van der Waals surface area contributed by atoms with Crippen LogP contribution in [0.2, 0.25) is 0 Å². The number of hydrogen-bond acceptors (Lipinski definition) is 1. The van der Waals surface area contributed by atoms with E-state index < -0.39 is 0 Å². The standard InChI is InChI=1S/C11H23O/c1-4-6-7-9-11(8-5-2)10-12-3/h11H,3-10H2,1-2H3. The van der Waals surface area contributed by atoms with Gasteiger partial charge in [0.25, 0.3) is 0 Å². The Hall–Kier alpha value is -0.0400. The van der Waals surface area contributed by atoms with Gasteiger partial charge in [-0.3, -0.25) is 0 Å². The fraction of sp³-hybridized carbons (Fsp3) is 0.909. The summed E-state index contributed by atoms with van der Waals surface area (Å²) in [6.45, 7) is 5.32. The second-order valence-electron chi connectivity index (χ2n) is 3.52. The van der Waals surface area contributed by atoms with E-state index in [0.29, 0.717) is 0 Å². The lowest BCUT2D eigenvalue weighted by molar-refractivity contribution is 0.173. The first kappa shape index (κ1) is 12.0. The highest BCUT2D eigenvalue weighted by molar-refractivity contribution is 4.58. The van der Waals surface area contributed by atoms with E-state index in [1.807, 2.05) is 0 Å². The van der Waals surface area contributed by atoms with Crippen LogP contribution in [0.3, 0.4) is 0 Å². The largest absolute Gasteiger partial charge is 0.379 e. The fourth-order valence-corrected chi connectivity index (χ4v) is 1.57.